The summed E-state index contributed by atoms with van der Waals surface area (Å²) < 4.78 is 32.9. The van der Waals surface area contributed by atoms with Gasteiger partial charge in [-0.25, -0.2) is 4.68 Å². The molecule has 0 atom stereocenters. The van der Waals surface area contributed by atoms with Crippen LogP contribution in [0.25, 0.3) is 5.69 Å². The van der Waals surface area contributed by atoms with E-state index in [4.69, 9.17) is 0 Å². The van der Waals surface area contributed by atoms with Gasteiger partial charge in [0.1, 0.15) is 5.75 Å². The molecule has 0 radical (unpaired) electrons. The maximum absolute atomic E-state index is 13.2. The first kappa shape index (κ1) is 27.9. The summed E-state index contributed by atoms with van der Waals surface area (Å²) in [5.41, 5.74) is 0.0985. The lowest BCUT2D eigenvalue weighted by Crippen LogP contribution is -2.37. The Morgan fingerprint density at radius 1 is 0.900 bits per heavy atom. The number of aromatic amines is 1. The molecule has 0 fully saturated rings. The Kier molecular flexibility index (Phi) is 8.51. The molecule has 0 bridgehead atoms. The van der Waals surface area contributed by atoms with Gasteiger partial charge in [0.05, 0.1) is 22.8 Å². The molecule has 5 N–H and O–H groups in total. The third-order valence-electron chi connectivity index (χ3n) is 5.59. The average molecular weight is 565 g/mol. The lowest BCUT2D eigenvalue weighted by Gasteiger charge is -2.07. The molecule has 0 unspecified atom stereocenters. The van der Waals surface area contributed by atoms with E-state index < -0.39 is 27.5 Å². The van der Waals surface area contributed by atoms with Crippen LogP contribution in [0.4, 0.5) is 11.4 Å². The van der Waals surface area contributed by atoms with E-state index in [0.29, 0.717) is 18.7 Å². The maximum atomic E-state index is 13.2. The first-order chi connectivity index (χ1) is 19.1. The molecule has 0 saturated heterocycles. The number of azo groups is 1. The number of hydrogen-bond donors (Lipinski definition) is 5. The number of carbonyl (C=O) groups is 2. The fourth-order valence-electron chi connectivity index (χ4n) is 3.55. The molecule has 14 heteroatoms. The molecule has 0 spiro atoms. The summed E-state index contributed by atoms with van der Waals surface area (Å²) >= 11 is 0. The number of nitrogens with one attached hydrogen (secondary N) is 3. The molecule has 0 saturated carbocycles. The Labute approximate surface area is 227 Å². The van der Waals surface area contributed by atoms with E-state index in [1.165, 1.54) is 12.1 Å². The van der Waals surface area contributed by atoms with Crippen molar-refractivity contribution < 1.29 is 27.7 Å². The predicted molar refractivity (Wildman–Crippen MR) is 144 cm³/mol. The van der Waals surface area contributed by atoms with E-state index in [1.54, 1.807) is 54.6 Å². The fourth-order valence-corrected chi connectivity index (χ4v) is 4.03. The van der Waals surface area contributed by atoms with Crippen molar-refractivity contribution in [1.29, 1.82) is 0 Å². The van der Waals surface area contributed by atoms with Crippen molar-refractivity contribution in [2.75, 3.05) is 13.1 Å². The molecular weight excluding hydrogens is 540 g/mol. The monoisotopic (exact) mass is 564 g/mol. The zero-order valence-electron chi connectivity index (χ0n) is 20.8. The Morgan fingerprint density at radius 2 is 1.57 bits per heavy atom. The van der Waals surface area contributed by atoms with Crippen LogP contribution in [-0.4, -0.2) is 52.8 Å². The summed E-state index contributed by atoms with van der Waals surface area (Å²) in [6.07, 6.45) is 0.510. The highest BCUT2D eigenvalue weighted by Crippen LogP contribution is 2.20. The highest BCUT2D eigenvalue weighted by molar-refractivity contribution is 7.85. The van der Waals surface area contributed by atoms with Gasteiger partial charge in [-0.3, -0.25) is 24.0 Å². The van der Waals surface area contributed by atoms with Crippen LogP contribution in [0.1, 0.15) is 16.1 Å². The molecule has 13 nitrogen and oxygen atoms in total. The third kappa shape index (κ3) is 7.06. The molecule has 40 heavy (non-hydrogen) atoms. The number of hydrogen-bond acceptors (Lipinski definition) is 8. The summed E-state index contributed by atoms with van der Waals surface area (Å²) in [6.45, 7) is -0.0945. The topological polar surface area (TPSA) is 195 Å². The molecular formula is C26H24N6O7S. The number of rotatable bonds is 10. The highest BCUT2D eigenvalue weighted by Gasteiger charge is 2.22. The number of phenols is 1. The van der Waals surface area contributed by atoms with Gasteiger partial charge < -0.3 is 15.7 Å². The Bertz CT molecular complexity index is 1700. The minimum absolute atomic E-state index is 0.139. The molecule has 0 aliphatic heterocycles. The van der Waals surface area contributed by atoms with Crippen LogP contribution in [0.2, 0.25) is 0 Å². The van der Waals surface area contributed by atoms with Gasteiger partial charge in [0.2, 0.25) is 5.91 Å². The van der Waals surface area contributed by atoms with Gasteiger partial charge in [0.25, 0.3) is 21.6 Å². The number of amides is 2. The van der Waals surface area contributed by atoms with Crippen molar-refractivity contribution >= 4 is 33.3 Å². The third-order valence-corrected chi connectivity index (χ3v) is 6.46. The van der Waals surface area contributed by atoms with Gasteiger partial charge >= 0.3 is 0 Å². The molecule has 206 valence electrons. The van der Waals surface area contributed by atoms with Crippen LogP contribution in [0.5, 0.6) is 5.75 Å². The molecule has 4 aromatic rings. The number of aromatic hydroxyl groups is 1. The first-order valence-corrected chi connectivity index (χ1v) is 13.3. The second kappa shape index (κ2) is 12.2. The zero-order chi connectivity index (χ0) is 28.7. The van der Waals surface area contributed by atoms with Gasteiger partial charge in [0.15, 0.2) is 11.4 Å². The summed E-state index contributed by atoms with van der Waals surface area (Å²) in [5.74, 6) is -1.14. The second-order valence-corrected chi connectivity index (χ2v) is 9.85. The zero-order valence-corrected chi connectivity index (χ0v) is 21.6. The molecule has 1 aromatic heterocycles. The van der Waals surface area contributed by atoms with Gasteiger partial charge in [0, 0.05) is 6.54 Å². The predicted octanol–water partition coefficient (Wildman–Crippen LogP) is 2.62. The smallest absolute Gasteiger partial charge is 0.299 e. The summed E-state index contributed by atoms with van der Waals surface area (Å²) in [7, 11) is -4.45. The van der Waals surface area contributed by atoms with E-state index in [1.807, 2.05) is 0 Å². The van der Waals surface area contributed by atoms with E-state index >= 15 is 0 Å². The quantitative estimate of drug-likeness (QED) is 0.144. The van der Waals surface area contributed by atoms with Crippen molar-refractivity contribution in [3.8, 4) is 11.4 Å². The fraction of sp³-hybridized carbons (Fsp3) is 0.115. The number of aromatic nitrogens is 2. The van der Waals surface area contributed by atoms with Crippen molar-refractivity contribution in [2.45, 2.75) is 11.3 Å². The largest absolute Gasteiger partial charge is 0.508 e. The van der Waals surface area contributed by atoms with E-state index in [-0.39, 0.29) is 34.3 Å². The minimum Gasteiger partial charge on any atom is -0.508 e. The van der Waals surface area contributed by atoms with Gasteiger partial charge in [-0.05, 0) is 60.5 Å². The lowest BCUT2D eigenvalue weighted by atomic mass is 10.1. The molecule has 0 aliphatic carbocycles. The van der Waals surface area contributed by atoms with Gasteiger partial charge in [-0.2, -0.15) is 13.5 Å². The number of benzene rings is 3. The second-order valence-electron chi connectivity index (χ2n) is 8.43. The average Bonchev–Trinajstić information content (AvgIpc) is 3.27. The van der Waals surface area contributed by atoms with E-state index in [9.17, 15) is 32.5 Å². The van der Waals surface area contributed by atoms with E-state index in [0.717, 1.165) is 22.4 Å². The van der Waals surface area contributed by atoms with Crippen molar-refractivity contribution in [3.05, 3.63) is 100 Å². The first-order valence-electron chi connectivity index (χ1n) is 11.8. The summed E-state index contributed by atoms with van der Waals surface area (Å²) in [6, 6.07) is 19.7. The highest BCUT2D eigenvalue weighted by atomic mass is 32.2. The van der Waals surface area contributed by atoms with Crippen LogP contribution in [0, 0.1) is 0 Å². The van der Waals surface area contributed by atoms with Gasteiger partial charge in [-0.15, -0.1) is 5.11 Å². The normalized spacial score (nSPS) is 11.4. The number of carbonyl (C=O) groups excluding carboxylic acids is 2. The van der Waals surface area contributed by atoms with Crippen molar-refractivity contribution in [1.82, 2.24) is 20.4 Å². The van der Waals surface area contributed by atoms with Crippen LogP contribution < -0.4 is 16.2 Å². The van der Waals surface area contributed by atoms with Gasteiger partial charge in [-0.1, -0.05) is 30.3 Å². The van der Waals surface area contributed by atoms with Crippen LogP contribution in [0.15, 0.2) is 98.8 Å². The number of nitrogens with zero attached hydrogens (tertiary/aromatic N) is 3. The van der Waals surface area contributed by atoms with Crippen LogP contribution in [-0.2, 0) is 21.3 Å². The van der Waals surface area contributed by atoms with E-state index in [2.05, 4.69) is 26.0 Å². The summed E-state index contributed by atoms with van der Waals surface area (Å²) in [4.78, 5) is 38.0. The molecule has 4 rings (SSSR count). The van der Waals surface area contributed by atoms with Crippen LogP contribution >= 0.6 is 0 Å². The van der Waals surface area contributed by atoms with Crippen molar-refractivity contribution in [3.63, 3.8) is 0 Å². The minimum atomic E-state index is -4.45. The van der Waals surface area contributed by atoms with Crippen LogP contribution in [0.3, 0.4) is 0 Å². The molecule has 3 aromatic carbocycles. The standard InChI is InChI=1S/C26H24N6O7S/c33-20-10-6-17(7-11-20)14-15-27-22(34)16-28-25(35)23-24(30-29-18-4-2-1-3-5-18)26(36)32(31-23)19-8-12-21(13-9-19)40(37,38)39/h1-13,31,33H,14-16H2,(H,27,34)(H,28,35)(H,37,38,39). The Hall–Kier alpha value is -5.08. The summed E-state index contributed by atoms with van der Waals surface area (Å²) in [5, 5.41) is 25.0. The molecule has 2 amide bonds. The molecule has 1 heterocycles. The lowest BCUT2D eigenvalue weighted by molar-refractivity contribution is -0.120. The number of phenolic OH excluding ortho intramolecular Hbond substituents is 1. The SMILES string of the molecule is O=C(CNC(=O)c1[nH]n(-c2ccc(S(=O)(=O)O)cc2)c(=O)c1N=Nc1ccccc1)NCCc1ccc(O)cc1. The van der Waals surface area contributed by atoms with Crippen molar-refractivity contribution in [2.24, 2.45) is 10.2 Å². The maximum Gasteiger partial charge on any atom is 0.299 e. The molecule has 0 aliphatic rings. The Morgan fingerprint density at radius 3 is 2.23 bits per heavy atom. The number of H-pyrrole nitrogens is 1. The Balaban J connectivity index is 1.51.